The van der Waals surface area contributed by atoms with Gasteiger partial charge in [-0.25, -0.2) is 4.72 Å². The van der Waals surface area contributed by atoms with Crippen LogP contribution in [0.15, 0.2) is 0 Å². The number of piperidine rings is 1. The van der Waals surface area contributed by atoms with Gasteiger partial charge in [-0.3, -0.25) is 0 Å². The van der Waals surface area contributed by atoms with Gasteiger partial charge in [0, 0.05) is 25.0 Å². The average molecular weight is 269 g/mol. The molecule has 1 rings (SSSR count). The average Bonchev–Trinajstić information content (AvgIpc) is 2.30. The van der Waals surface area contributed by atoms with Crippen molar-refractivity contribution >= 4 is 21.8 Å². The van der Waals surface area contributed by atoms with E-state index in [-0.39, 0.29) is 5.38 Å². The van der Waals surface area contributed by atoms with Crippen LogP contribution in [0.25, 0.3) is 0 Å². The van der Waals surface area contributed by atoms with Gasteiger partial charge in [-0.15, -0.1) is 11.6 Å². The summed E-state index contributed by atoms with van der Waals surface area (Å²) in [6.07, 6.45) is 4.62. The summed E-state index contributed by atoms with van der Waals surface area (Å²) in [5, 5.41) is 0.0593. The summed E-state index contributed by atoms with van der Waals surface area (Å²) >= 11 is 5.93. The Bertz CT molecular complexity index is 289. The number of rotatable bonds is 6. The third-order valence-corrected chi connectivity index (χ3v) is 4.98. The Hall–Kier alpha value is 0.160. The van der Waals surface area contributed by atoms with Crippen molar-refractivity contribution in [1.82, 2.24) is 9.03 Å². The molecule has 0 amide bonds. The molecule has 0 bridgehead atoms. The van der Waals surface area contributed by atoms with Gasteiger partial charge in [0.05, 0.1) is 0 Å². The fraction of sp³-hybridized carbons (Fsp3) is 1.00. The lowest BCUT2D eigenvalue weighted by Gasteiger charge is -2.26. The Kier molecular flexibility index (Phi) is 6.03. The molecule has 0 saturated carbocycles. The van der Waals surface area contributed by atoms with Gasteiger partial charge in [-0.05, 0) is 25.7 Å². The highest BCUT2D eigenvalue weighted by molar-refractivity contribution is 7.87. The van der Waals surface area contributed by atoms with Crippen molar-refractivity contribution in [3.8, 4) is 0 Å². The van der Waals surface area contributed by atoms with E-state index in [1.807, 2.05) is 6.92 Å². The van der Waals surface area contributed by atoms with E-state index < -0.39 is 10.2 Å². The third kappa shape index (κ3) is 4.57. The van der Waals surface area contributed by atoms with E-state index in [2.05, 4.69) is 4.72 Å². The first-order valence-electron chi connectivity index (χ1n) is 5.95. The van der Waals surface area contributed by atoms with Gasteiger partial charge in [0.2, 0.25) is 0 Å². The predicted octanol–water partition coefficient (Wildman–Crippen LogP) is 1.71. The number of alkyl halides is 1. The molecule has 1 heterocycles. The highest BCUT2D eigenvalue weighted by atomic mass is 35.5. The first kappa shape index (κ1) is 14.2. The minimum absolute atomic E-state index is 0.0593. The number of hydrogen-bond donors (Lipinski definition) is 1. The number of nitrogens with one attached hydrogen (secondary N) is 1. The van der Waals surface area contributed by atoms with E-state index in [0.29, 0.717) is 26.1 Å². The third-order valence-electron chi connectivity index (χ3n) is 2.84. The van der Waals surface area contributed by atoms with Crippen LogP contribution in [0.4, 0.5) is 0 Å². The maximum Gasteiger partial charge on any atom is 0.279 e. The SMILES string of the molecule is CCC(Cl)CCNS(=O)(=O)N1CCCCC1. The lowest BCUT2D eigenvalue weighted by Crippen LogP contribution is -2.43. The highest BCUT2D eigenvalue weighted by Gasteiger charge is 2.23. The van der Waals surface area contributed by atoms with Crippen LogP contribution in [0.1, 0.15) is 39.0 Å². The van der Waals surface area contributed by atoms with Gasteiger partial charge >= 0.3 is 0 Å². The van der Waals surface area contributed by atoms with Crippen molar-refractivity contribution in [2.45, 2.75) is 44.4 Å². The van der Waals surface area contributed by atoms with E-state index in [9.17, 15) is 8.42 Å². The second-order valence-electron chi connectivity index (χ2n) is 4.15. The summed E-state index contributed by atoms with van der Waals surface area (Å²) in [6.45, 7) is 3.72. The van der Waals surface area contributed by atoms with Gasteiger partial charge in [0.1, 0.15) is 0 Å². The molecule has 1 N–H and O–H groups in total. The minimum atomic E-state index is -3.26. The monoisotopic (exact) mass is 268 g/mol. The van der Waals surface area contributed by atoms with Crippen LogP contribution < -0.4 is 4.72 Å². The van der Waals surface area contributed by atoms with E-state index in [0.717, 1.165) is 25.7 Å². The van der Waals surface area contributed by atoms with Crippen LogP contribution in [0.2, 0.25) is 0 Å². The molecule has 0 aliphatic carbocycles. The van der Waals surface area contributed by atoms with Crippen LogP contribution in [-0.4, -0.2) is 37.7 Å². The van der Waals surface area contributed by atoms with E-state index in [1.165, 1.54) is 4.31 Å². The summed E-state index contributed by atoms with van der Waals surface area (Å²) in [6, 6.07) is 0. The molecule has 0 radical (unpaired) electrons. The van der Waals surface area contributed by atoms with E-state index in [1.54, 1.807) is 0 Å². The largest absolute Gasteiger partial charge is 0.279 e. The van der Waals surface area contributed by atoms with Crippen molar-refractivity contribution in [1.29, 1.82) is 0 Å². The molecule has 96 valence electrons. The fourth-order valence-corrected chi connectivity index (χ4v) is 3.15. The Morgan fingerprint density at radius 2 is 1.94 bits per heavy atom. The Balaban J connectivity index is 2.33. The zero-order valence-corrected chi connectivity index (χ0v) is 11.4. The normalized spacial score (nSPS) is 20.9. The van der Waals surface area contributed by atoms with Crippen LogP contribution in [-0.2, 0) is 10.2 Å². The van der Waals surface area contributed by atoms with Crippen LogP contribution in [0.5, 0.6) is 0 Å². The Morgan fingerprint density at radius 1 is 1.31 bits per heavy atom. The molecule has 1 aliphatic heterocycles. The zero-order chi connectivity index (χ0) is 12.0. The zero-order valence-electron chi connectivity index (χ0n) is 9.78. The molecule has 1 unspecified atom stereocenters. The molecule has 1 saturated heterocycles. The summed E-state index contributed by atoms with van der Waals surface area (Å²) in [5.41, 5.74) is 0. The van der Waals surface area contributed by atoms with Gasteiger partial charge in [-0.1, -0.05) is 13.3 Å². The van der Waals surface area contributed by atoms with Crippen molar-refractivity contribution in [3.63, 3.8) is 0 Å². The molecule has 1 fully saturated rings. The lowest BCUT2D eigenvalue weighted by atomic mass is 10.2. The quantitative estimate of drug-likeness (QED) is 0.746. The van der Waals surface area contributed by atoms with Gasteiger partial charge in [-0.2, -0.15) is 12.7 Å². The van der Waals surface area contributed by atoms with Crippen LogP contribution >= 0.6 is 11.6 Å². The topological polar surface area (TPSA) is 49.4 Å². The minimum Gasteiger partial charge on any atom is -0.202 e. The van der Waals surface area contributed by atoms with E-state index in [4.69, 9.17) is 11.6 Å². The van der Waals surface area contributed by atoms with E-state index >= 15 is 0 Å². The molecule has 16 heavy (non-hydrogen) atoms. The first-order chi connectivity index (χ1) is 7.56. The van der Waals surface area contributed by atoms with Gasteiger partial charge < -0.3 is 0 Å². The fourth-order valence-electron chi connectivity index (χ4n) is 1.75. The number of hydrogen-bond acceptors (Lipinski definition) is 2. The second kappa shape index (κ2) is 6.79. The van der Waals surface area contributed by atoms with Gasteiger partial charge in [0.25, 0.3) is 10.2 Å². The lowest BCUT2D eigenvalue weighted by molar-refractivity contribution is 0.341. The smallest absolute Gasteiger partial charge is 0.202 e. The van der Waals surface area contributed by atoms with Crippen LogP contribution in [0.3, 0.4) is 0 Å². The summed E-state index contributed by atoms with van der Waals surface area (Å²) in [7, 11) is -3.26. The molecule has 0 spiro atoms. The number of halogens is 1. The molecular weight excluding hydrogens is 248 g/mol. The highest BCUT2D eigenvalue weighted by Crippen LogP contribution is 2.12. The first-order valence-corrected chi connectivity index (χ1v) is 7.82. The summed E-state index contributed by atoms with van der Waals surface area (Å²) < 4.78 is 27.8. The maximum absolute atomic E-state index is 11.8. The summed E-state index contributed by atoms with van der Waals surface area (Å²) in [4.78, 5) is 0. The van der Waals surface area contributed by atoms with Crippen molar-refractivity contribution in [3.05, 3.63) is 0 Å². The molecule has 1 aliphatic rings. The molecule has 4 nitrogen and oxygen atoms in total. The molecule has 0 aromatic carbocycles. The van der Waals surface area contributed by atoms with Crippen molar-refractivity contribution in [2.24, 2.45) is 0 Å². The molecule has 1 atom stereocenters. The Morgan fingerprint density at radius 3 is 2.50 bits per heavy atom. The molecule has 0 aromatic rings. The summed E-state index contributed by atoms with van der Waals surface area (Å²) in [5.74, 6) is 0. The number of nitrogens with zero attached hydrogens (tertiary/aromatic N) is 1. The predicted molar refractivity (Wildman–Crippen MR) is 66.9 cm³/mol. The standard InChI is InChI=1S/C10H21ClN2O2S/c1-2-10(11)6-7-12-16(14,15)13-8-4-3-5-9-13/h10,12H,2-9H2,1H3. The molecule has 0 aromatic heterocycles. The van der Waals surface area contributed by atoms with Gasteiger partial charge in [0.15, 0.2) is 0 Å². The molecule has 6 heteroatoms. The van der Waals surface area contributed by atoms with Crippen LogP contribution in [0, 0.1) is 0 Å². The second-order valence-corrected chi connectivity index (χ2v) is 6.53. The Labute approximate surface area is 104 Å². The molecular formula is C10H21ClN2O2S. The maximum atomic E-state index is 11.8. The van der Waals surface area contributed by atoms with Crippen molar-refractivity contribution in [2.75, 3.05) is 19.6 Å². The van der Waals surface area contributed by atoms with Crippen molar-refractivity contribution < 1.29 is 8.42 Å².